The maximum absolute atomic E-state index is 12.9. The molecule has 3 aromatic carbocycles. The highest BCUT2D eigenvalue weighted by atomic mass is 32.2. The fourth-order valence-electron chi connectivity index (χ4n) is 3.70. The topological polar surface area (TPSA) is 32.3 Å². The van der Waals surface area contributed by atoms with Gasteiger partial charge in [-0.1, -0.05) is 72.4 Å². The molecule has 1 aliphatic heterocycles. The number of amides is 1. The van der Waals surface area contributed by atoms with Gasteiger partial charge in [0.05, 0.1) is 5.69 Å². The maximum atomic E-state index is 12.9. The van der Waals surface area contributed by atoms with Gasteiger partial charge in [0.1, 0.15) is 0 Å². The highest BCUT2D eigenvalue weighted by molar-refractivity contribution is 7.99. The van der Waals surface area contributed by atoms with E-state index in [1.165, 1.54) is 10.5 Å². The van der Waals surface area contributed by atoms with E-state index >= 15 is 0 Å². The van der Waals surface area contributed by atoms with Crippen molar-refractivity contribution >= 4 is 23.4 Å². The molecule has 0 radical (unpaired) electrons. The van der Waals surface area contributed by atoms with Crippen LogP contribution in [0.1, 0.15) is 18.4 Å². The molecule has 4 rings (SSSR count). The van der Waals surface area contributed by atoms with Crippen molar-refractivity contribution in [2.45, 2.75) is 29.2 Å². The van der Waals surface area contributed by atoms with Crippen LogP contribution in [0.4, 0.5) is 5.69 Å². The van der Waals surface area contributed by atoms with Crippen molar-refractivity contribution in [2.24, 2.45) is 5.92 Å². The van der Waals surface area contributed by atoms with Crippen molar-refractivity contribution in [1.82, 2.24) is 4.90 Å². The van der Waals surface area contributed by atoms with E-state index in [4.69, 9.17) is 0 Å². The lowest BCUT2D eigenvalue weighted by Crippen LogP contribution is -2.37. The summed E-state index contributed by atoms with van der Waals surface area (Å²) < 4.78 is 0. The van der Waals surface area contributed by atoms with Crippen molar-refractivity contribution in [3.8, 4) is 0 Å². The Morgan fingerprint density at radius 2 is 1.48 bits per heavy atom. The molecule has 1 fully saturated rings. The first-order chi connectivity index (χ1) is 14.3. The molecule has 1 heterocycles. The number of piperidine rings is 1. The summed E-state index contributed by atoms with van der Waals surface area (Å²) in [4.78, 5) is 17.6. The minimum absolute atomic E-state index is 0.0804. The fraction of sp³-hybridized carbons (Fsp3) is 0.240. The number of hydrogen-bond donors (Lipinski definition) is 1. The van der Waals surface area contributed by atoms with E-state index in [-0.39, 0.29) is 11.8 Å². The first-order valence-corrected chi connectivity index (χ1v) is 11.0. The Labute approximate surface area is 177 Å². The Morgan fingerprint density at radius 1 is 0.862 bits per heavy atom. The van der Waals surface area contributed by atoms with Gasteiger partial charge >= 0.3 is 0 Å². The average molecular weight is 403 g/mol. The van der Waals surface area contributed by atoms with Crippen molar-refractivity contribution < 1.29 is 4.79 Å². The van der Waals surface area contributed by atoms with E-state index in [1.54, 1.807) is 11.8 Å². The molecule has 1 aliphatic rings. The third-order valence-corrected chi connectivity index (χ3v) is 6.41. The number of anilines is 1. The lowest BCUT2D eigenvalue weighted by molar-refractivity contribution is -0.121. The van der Waals surface area contributed by atoms with Gasteiger partial charge in [0.2, 0.25) is 5.91 Å². The fourth-order valence-corrected chi connectivity index (χ4v) is 4.63. The first-order valence-electron chi connectivity index (χ1n) is 10.2. The average Bonchev–Trinajstić information content (AvgIpc) is 2.77. The molecule has 4 heteroatoms. The molecule has 1 N–H and O–H groups in total. The van der Waals surface area contributed by atoms with E-state index in [2.05, 4.69) is 52.7 Å². The number of carbonyl (C=O) groups excluding carboxylic acids is 1. The van der Waals surface area contributed by atoms with Crippen molar-refractivity contribution in [1.29, 1.82) is 0 Å². The molecule has 0 aliphatic carbocycles. The number of carbonyl (C=O) groups is 1. The van der Waals surface area contributed by atoms with E-state index < -0.39 is 0 Å². The first kappa shape index (κ1) is 19.7. The predicted octanol–water partition coefficient (Wildman–Crippen LogP) is 5.69. The highest BCUT2D eigenvalue weighted by Gasteiger charge is 2.25. The minimum Gasteiger partial charge on any atom is -0.325 e. The van der Waals surface area contributed by atoms with E-state index in [1.807, 2.05) is 42.5 Å². The third-order valence-electron chi connectivity index (χ3n) is 5.32. The number of likely N-dealkylation sites (tertiary alicyclic amines) is 1. The molecular weight excluding hydrogens is 376 g/mol. The summed E-state index contributed by atoms with van der Waals surface area (Å²) in [6.45, 7) is 2.90. The summed E-state index contributed by atoms with van der Waals surface area (Å²) in [7, 11) is 0. The largest absolute Gasteiger partial charge is 0.325 e. The third kappa shape index (κ3) is 5.49. The lowest BCUT2D eigenvalue weighted by Gasteiger charge is -2.31. The summed E-state index contributed by atoms with van der Waals surface area (Å²) >= 11 is 1.68. The molecule has 0 atom stereocenters. The zero-order valence-corrected chi connectivity index (χ0v) is 17.3. The van der Waals surface area contributed by atoms with Crippen LogP contribution >= 0.6 is 11.8 Å². The second kappa shape index (κ2) is 9.77. The molecule has 29 heavy (non-hydrogen) atoms. The molecule has 0 unspecified atom stereocenters. The van der Waals surface area contributed by atoms with Gasteiger partial charge in [-0.25, -0.2) is 0 Å². The van der Waals surface area contributed by atoms with Crippen LogP contribution in [0.2, 0.25) is 0 Å². The molecular formula is C25H26N2OS. The van der Waals surface area contributed by atoms with Gasteiger partial charge in [-0.05, 0) is 55.8 Å². The van der Waals surface area contributed by atoms with Crippen molar-refractivity contribution in [3.63, 3.8) is 0 Å². The van der Waals surface area contributed by atoms with Crippen LogP contribution in [0.3, 0.4) is 0 Å². The molecule has 1 amide bonds. The number of rotatable bonds is 6. The summed E-state index contributed by atoms with van der Waals surface area (Å²) in [6, 6.07) is 28.9. The van der Waals surface area contributed by atoms with Crippen LogP contribution in [0, 0.1) is 5.92 Å². The van der Waals surface area contributed by atoms with Crippen LogP contribution in [-0.4, -0.2) is 23.9 Å². The standard InChI is InChI=1S/C25H26N2OS/c28-25(21-15-17-27(18-16-21)19-20-9-3-1-4-10-20)26-23-13-7-8-14-24(23)29-22-11-5-2-6-12-22/h1-14,21H,15-19H2,(H,26,28). The van der Waals surface area contributed by atoms with E-state index in [0.717, 1.165) is 43.1 Å². The maximum Gasteiger partial charge on any atom is 0.227 e. The molecule has 0 bridgehead atoms. The number of nitrogens with one attached hydrogen (secondary N) is 1. The number of hydrogen-bond acceptors (Lipinski definition) is 3. The van der Waals surface area contributed by atoms with Gasteiger partial charge < -0.3 is 5.32 Å². The Morgan fingerprint density at radius 3 is 2.21 bits per heavy atom. The van der Waals surface area contributed by atoms with E-state index in [0.29, 0.717) is 0 Å². The van der Waals surface area contributed by atoms with Gasteiger partial charge in [0.15, 0.2) is 0 Å². The van der Waals surface area contributed by atoms with Crippen molar-refractivity contribution in [2.75, 3.05) is 18.4 Å². The second-order valence-corrected chi connectivity index (χ2v) is 8.55. The second-order valence-electron chi connectivity index (χ2n) is 7.44. The molecule has 148 valence electrons. The smallest absolute Gasteiger partial charge is 0.227 e. The van der Waals surface area contributed by atoms with Crippen molar-refractivity contribution in [3.05, 3.63) is 90.5 Å². The van der Waals surface area contributed by atoms with Crippen LogP contribution in [0.25, 0.3) is 0 Å². The molecule has 0 aromatic heterocycles. The quantitative estimate of drug-likeness (QED) is 0.575. The highest BCUT2D eigenvalue weighted by Crippen LogP contribution is 2.33. The molecule has 0 saturated carbocycles. The zero-order valence-electron chi connectivity index (χ0n) is 16.5. The van der Waals surface area contributed by atoms with Crippen LogP contribution in [0.5, 0.6) is 0 Å². The number of nitrogens with zero attached hydrogens (tertiary/aromatic N) is 1. The monoisotopic (exact) mass is 402 g/mol. The van der Waals surface area contributed by atoms with Gasteiger partial charge in [0.25, 0.3) is 0 Å². The van der Waals surface area contributed by atoms with Crippen LogP contribution in [-0.2, 0) is 11.3 Å². The summed E-state index contributed by atoms with van der Waals surface area (Å²) in [5.41, 5.74) is 2.24. The molecule has 3 aromatic rings. The Bertz CT molecular complexity index is 922. The Balaban J connectivity index is 1.33. The molecule has 1 saturated heterocycles. The lowest BCUT2D eigenvalue weighted by atomic mass is 9.95. The SMILES string of the molecule is O=C(Nc1ccccc1Sc1ccccc1)C1CCN(Cc2ccccc2)CC1. The zero-order chi connectivity index (χ0) is 19.9. The van der Waals surface area contributed by atoms with Gasteiger partial charge in [-0.15, -0.1) is 0 Å². The van der Waals surface area contributed by atoms with Crippen LogP contribution < -0.4 is 5.32 Å². The Kier molecular flexibility index (Phi) is 6.65. The summed E-state index contributed by atoms with van der Waals surface area (Å²) in [5.74, 6) is 0.224. The van der Waals surface area contributed by atoms with Gasteiger partial charge in [0, 0.05) is 22.3 Å². The van der Waals surface area contributed by atoms with Gasteiger partial charge in [-0.2, -0.15) is 0 Å². The minimum atomic E-state index is 0.0804. The Hall–Kier alpha value is -2.56. The molecule has 0 spiro atoms. The predicted molar refractivity (Wildman–Crippen MR) is 120 cm³/mol. The van der Waals surface area contributed by atoms with Gasteiger partial charge in [-0.3, -0.25) is 9.69 Å². The number of benzene rings is 3. The summed E-state index contributed by atoms with van der Waals surface area (Å²) in [5, 5.41) is 3.19. The molecule has 3 nitrogen and oxygen atoms in total. The van der Waals surface area contributed by atoms with E-state index in [9.17, 15) is 4.79 Å². The number of para-hydroxylation sites is 1. The van der Waals surface area contributed by atoms with Crippen LogP contribution in [0.15, 0.2) is 94.7 Å². The normalized spacial score (nSPS) is 15.2. The summed E-state index contributed by atoms with van der Waals surface area (Å²) in [6.07, 6.45) is 1.82.